The van der Waals surface area contributed by atoms with Crippen molar-refractivity contribution in [1.82, 2.24) is 5.32 Å². The van der Waals surface area contributed by atoms with E-state index < -0.39 is 5.54 Å². The van der Waals surface area contributed by atoms with Crippen LogP contribution in [0.3, 0.4) is 0 Å². The monoisotopic (exact) mass is 312 g/mol. The molecule has 1 amide bonds. The van der Waals surface area contributed by atoms with Gasteiger partial charge in [-0.3, -0.25) is 4.79 Å². The van der Waals surface area contributed by atoms with E-state index in [-0.39, 0.29) is 12.0 Å². The minimum absolute atomic E-state index is 0.158. The van der Waals surface area contributed by atoms with Gasteiger partial charge < -0.3 is 20.5 Å². The number of ether oxygens (including phenoxy) is 2. The summed E-state index contributed by atoms with van der Waals surface area (Å²) < 4.78 is 10.7. The van der Waals surface area contributed by atoms with Crippen molar-refractivity contribution in [3.8, 4) is 0 Å². The van der Waals surface area contributed by atoms with Crippen molar-refractivity contribution in [2.75, 3.05) is 26.9 Å². The molecular formula is C15H21ClN2O3. The second-order valence-electron chi connectivity index (χ2n) is 5.26. The average molecular weight is 313 g/mol. The van der Waals surface area contributed by atoms with Crippen molar-refractivity contribution in [2.45, 2.75) is 24.5 Å². The Hall–Kier alpha value is -1.14. The Morgan fingerprint density at radius 1 is 1.52 bits per heavy atom. The molecule has 1 aromatic rings. The number of nitrogens with two attached hydrogens (primary N) is 1. The summed E-state index contributed by atoms with van der Waals surface area (Å²) in [7, 11) is 1.60. The number of carbonyl (C=O) groups excluding carboxylic acids is 1. The second-order valence-corrected chi connectivity index (χ2v) is 5.69. The Bertz CT molecular complexity index is 490. The number of nitrogens with one attached hydrogen (secondary N) is 1. The normalized spacial score (nSPS) is 19.0. The molecule has 1 aliphatic heterocycles. The van der Waals surface area contributed by atoms with E-state index in [1.807, 2.05) is 18.2 Å². The number of amides is 1. The molecule has 1 heterocycles. The molecule has 21 heavy (non-hydrogen) atoms. The van der Waals surface area contributed by atoms with Gasteiger partial charge in [0.05, 0.1) is 11.6 Å². The zero-order valence-corrected chi connectivity index (χ0v) is 12.9. The van der Waals surface area contributed by atoms with Crippen LogP contribution in [0.15, 0.2) is 24.3 Å². The van der Waals surface area contributed by atoms with Gasteiger partial charge in [-0.1, -0.05) is 23.7 Å². The largest absolute Gasteiger partial charge is 0.381 e. The van der Waals surface area contributed by atoms with Gasteiger partial charge >= 0.3 is 0 Å². The fourth-order valence-electron chi connectivity index (χ4n) is 2.37. The van der Waals surface area contributed by atoms with Crippen LogP contribution in [0, 0.1) is 0 Å². The first kappa shape index (κ1) is 16.2. The topological polar surface area (TPSA) is 73.6 Å². The summed E-state index contributed by atoms with van der Waals surface area (Å²) in [5.41, 5.74) is 6.22. The molecule has 5 nitrogen and oxygen atoms in total. The summed E-state index contributed by atoms with van der Waals surface area (Å²) in [6, 6.07) is 7.40. The Labute approximate surface area is 129 Å². The van der Waals surface area contributed by atoms with E-state index in [1.54, 1.807) is 13.2 Å². The van der Waals surface area contributed by atoms with Gasteiger partial charge in [-0.2, -0.15) is 0 Å². The Kier molecular flexibility index (Phi) is 5.58. The number of benzene rings is 1. The lowest BCUT2D eigenvalue weighted by Crippen LogP contribution is -2.57. The Morgan fingerprint density at radius 3 is 2.86 bits per heavy atom. The van der Waals surface area contributed by atoms with Crippen molar-refractivity contribution >= 4 is 17.5 Å². The van der Waals surface area contributed by atoms with Crippen LogP contribution in [0.2, 0.25) is 5.02 Å². The van der Waals surface area contributed by atoms with Crippen molar-refractivity contribution in [1.29, 1.82) is 0 Å². The van der Waals surface area contributed by atoms with Gasteiger partial charge in [-0.15, -0.1) is 0 Å². The molecule has 0 bridgehead atoms. The van der Waals surface area contributed by atoms with Crippen LogP contribution in [0.25, 0.3) is 0 Å². The molecule has 1 unspecified atom stereocenters. The molecule has 2 rings (SSSR count). The maximum Gasteiger partial charge on any atom is 0.240 e. The van der Waals surface area contributed by atoms with E-state index in [0.717, 1.165) is 5.56 Å². The van der Waals surface area contributed by atoms with E-state index in [2.05, 4.69) is 5.32 Å². The molecular weight excluding hydrogens is 292 g/mol. The third-order valence-corrected chi connectivity index (χ3v) is 4.03. The fourth-order valence-corrected chi connectivity index (χ4v) is 2.57. The van der Waals surface area contributed by atoms with Gasteiger partial charge in [0.15, 0.2) is 0 Å². The van der Waals surface area contributed by atoms with Crippen molar-refractivity contribution in [3.05, 3.63) is 34.9 Å². The molecule has 1 saturated heterocycles. The first-order valence-corrected chi connectivity index (χ1v) is 7.36. The first-order chi connectivity index (χ1) is 10.0. The molecule has 1 atom stereocenters. The van der Waals surface area contributed by atoms with Gasteiger partial charge in [0, 0.05) is 31.9 Å². The molecule has 0 radical (unpaired) electrons. The molecule has 1 aromatic carbocycles. The van der Waals surface area contributed by atoms with Gasteiger partial charge in [0.25, 0.3) is 0 Å². The molecule has 6 heteroatoms. The highest BCUT2D eigenvalue weighted by Gasteiger charge is 2.35. The Balaban J connectivity index is 1.95. The van der Waals surface area contributed by atoms with Crippen LogP contribution >= 0.6 is 11.6 Å². The zero-order chi connectivity index (χ0) is 15.3. The minimum Gasteiger partial charge on any atom is -0.381 e. The highest BCUT2D eigenvalue weighted by molar-refractivity contribution is 6.30. The van der Waals surface area contributed by atoms with E-state index in [4.69, 9.17) is 26.8 Å². The quantitative estimate of drug-likeness (QED) is 0.867. The second kappa shape index (κ2) is 7.22. The molecule has 116 valence electrons. The maximum absolute atomic E-state index is 12.3. The number of methoxy groups -OCH3 is 1. The van der Waals surface area contributed by atoms with Crippen LogP contribution in [-0.2, 0) is 14.3 Å². The standard InChI is InChI=1S/C15H21ClN2O3/c1-20-13(11-3-2-4-12(16)9-11)10-18-14(19)15(17)5-7-21-8-6-15/h2-4,9,13H,5-8,10,17H2,1H3,(H,18,19). The highest BCUT2D eigenvalue weighted by Crippen LogP contribution is 2.21. The van der Waals surface area contributed by atoms with Crippen molar-refractivity contribution in [2.24, 2.45) is 5.73 Å². The van der Waals surface area contributed by atoms with E-state index in [0.29, 0.717) is 37.6 Å². The van der Waals surface area contributed by atoms with Gasteiger partial charge in [-0.25, -0.2) is 0 Å². The lowest BCUT2D eigenvalue weighted by Gasteiger charge is -2.32. The zero-order valence-electron chi connectivity index (χ0n) is 12.1. The molecule has 3 N–H and O–H groups in total. The molecule has 0 aliphatic carbocycles. The van der Waals surface area contributed by atoms with Gasteiger partial charge in [0.1, 0.15) is 0 Å². The summed E-state index contributed by atoms with van der Waals surface area (Å²) in [6.07, 6.45) is 0.817. The molecule has 1 aliphatic rings. The summed E-state index contributed by atoms with van der Waals surface area (Å²) in [6.45, 7) is 1.40. The lowest BCUT2D eigenvalue weighted by atomic mass is 9.90. The van der Waals surface area contributed by atoms with Crippen molar-refractivity contribution in [3.63, 3.8) is 0 Å². The van der Waals surface area contributed by atoms with E-state index in [9.17, 15) is 4.79 Å². The Morgan fingerprint density at radius 2 is 2.24 bits per heavy atom. The van der Waals surface area contributed by atoms with Crippen LogP contribution in [0.5, 0.6) is 0 Å². The third-order valence-electron chi connectivity index (χ3n) is 3.79. The lowest BCUT2D eigenvalue weighted by molar-refractivity contribution is -0.130. The molecule has 0 aromatic heterocycles. The third kappa shape index (κ3) is 4.17. The first-order valence-electron chi connectivity index (χ1n) is 6.98. The summed E-state index contributed by atoms with van der Waals surface area (Å²) in [5.74, 6) is -0.158. The number of hydrogen-bond acceptors (Lipinski definition) is 4. The van der Waals surface area contributed by atoms with Gasteiger partial charge in [0.2, 0.25) is 5.91 Å². The van der Waals surface area contributed by atoms with Crippen LogP contribution < -0.4 is 11.1 Å². The summed E-state index contributed by atoms with van der Waals surface area (Å²) >= 11 is 5.98. The smallest absolute Gasteiger partial charge is 0.240 e. The number of carbonyl (C=O) groups is 1. The average Bonchev–Trinajstić information content (AvgIpc) is 2.48. The number of halogens is 1. The van der Waals surface area contributed by atoms with E-state index >= 15 is 0 Å². The van der Waals surface area contributed by atoms with Crippen LogP contribution in [-0.4, -0.2) is 38.3 Å². The predicted octanol–water partition coefficient (Wildman–Crippen LogP) is 1.65. The summed E-state index contributed by atoms with van der Waals surface area (Å²) in [4.78, 5) is 12.3. The van der Waals surface area contributed by atoms with Crippen LogP contribution in [0.4, 0.5) is 0 Å². The molecule has 1 fully saturated rings. The molecule has 0 saturated carbocycles. The SMILES string of the molecule is COC(CNC(=O)C1(N)CCOCC1)c1cccc(Cl)c1. The summed E-state index contributed by atoms with van der Waals surface area (Å²) in [5, 5.41) is 3.51. The predicted molar refractivity (Wildman–Crippen MR) is 81.2 cm³/mol. The fraction of sp³-hybridized carbons (Fsp3) is 0.533. The minimum atomic E-state index is -0.842. The van der Waals surface area contributed by atoms with Gasteiger partial charge in [-0.05, 0) is 30.5 Å². The maximum atomic E-state index is 12.3. The number of rotatable bonds is 5. The highest BCUT2D eigenvalue weighted by atomic mass is 35.5. The van der Waals surface area contributed by atoms with Crippen molar-refractivity contribution < 1.29 is 14.3 Å². The number of hydrogen-bond donors (Lipinski definition) is 2. The van der Waals surface area contributed by atoms with E-state index in [1.165, 1.54) is 0 Å². The molecule has 0 spiro atoms. The van der Waals surface area contributed by atoms with Crippen LogP contribution in [0.1, 0.15) is 24.5 Å².